The quantitative estimate of drug-likeness (QED) is 0.333. The van der Waals surface area contributed by atoms with E-state index in [1.165, 1.54) is 0 Å². The highest BCUT2D eigenvalue weighted by Crippen LogP contribution is 2.15. The number of carbonyl (C=O) groups is 1. The number of benzene rings is 1. The van der Waals surface area contributed by atoms with E-state index in [-0.39, 0.29) is 11.7 Å². The molecule has 0 fully saturated rings. The third-order valence-corrected chi connectivity index (χ3v) is 3.18. The summed E-state index contributed by atoms with van der Waals surface area (Å²) < 4.78 is 0. The molecule has 19 heavy (non-hydrogen) atoms. The second-order valence-electron chi connectivity index (χ2n) is 4.74. The maximum absolute atomic E-state index is 11.9. The van der Waals surface area contributed by atoms with Gasteiger partial charge in [-0.2, -0.15) is 0 Å². The van der Waals surface area contributed by atoms with Crippen LogP contribution in [0.4, 0.5) is 0 Å². The zero-order valence-corrected chi connectivity index (χ0v) is 11.7. The Morgan fingerprint density at radius 1 is 1.42 bits per heavy atom. The molecule has 0 atom stereocenters. The first-order chi connectivity index (χ1) is 8.87. The van der Waals surface area contributed by atoms with Crippen LogP contribution in [0.1, 0.15) is 19.4 Å². The monoisotopic (exact) mass is 283 g/mol. The zero-order chi connectivity index (χ0) is 14.5. The second kappa shape index (κ2) is 6.43. The summed E-state index contributed by atoms with van der Waals surface area (Å²) in [5, 5.41) is 14.9. The van der Waals surface area contributed by atoms with Crippen LogP contribution in [0.5, 0.6) is 0 Å². The van der Waals surface area contributed by atoms with Crippen LogP contribution in [0.3, 0.4) is 0 Å². The van der Waals surface area contributed by atoms with E-state index < -0.39 is 5.41 Å². The highest BCUT2D eigenvalue weighted by molar-refractivity contribution is 6.30. The van der Waals surface area contributed by atoms with Gasteiger partial charge in [-0.25, -0.2) is 0 Å². The summed E-state index contributed by atoms with van der Waals surface area (Å²) in [6.45, 7) is 3.67. The Labute approximate surface area is 117 Å². The van der Waals surface area contributed by atoms with Crippen molar-refractivity contribution < 1.29 is 10.0 Å². The first-order valence-corrected chi connectivity index (χ1v) is 6.26. The molecule has 0 aliphatic heterocycles. The van der Waals surface area contributed by atoms with Crippen LogP contribution in [-0.4, -0.2) is 23.5 Å². The first kappa shape index (κ1) is 15.3. The molecule has 1 amide bonds. The number of carbonyl (C=O) groups excluding carboxylic acids is 1. The van der Waals surface area contributed by atoms with Crippen molar-refractivity contribution >= 4 is 23.3 Å². The van der Waals surface area contributed by atoms with Crippen molar-refractivity contribution in [3.05, 3.63) is 34.9 Å². The lowest BCUT2D eigenvalue weighted by molar-refractivity contribution is -0.126. The molecule has 0 aromatic heterocycles. The van der Waals surface area contributed by atoms with Crippen molar-refractivity contribution in [3.63, 3.8) is 0 Å². The normalized spacial score (nSPS) is 12.3. The van der Waals surface area contributed by atoms with Gasteiger partial charge in [0.1, 0.15) is 5.41 Å². The van der Waals surface area contributed by atoms with Crippen LogP contribution in [0.2, 0.25) is 5.02 Å². The van der Waals surface area contributed by atoms with Gasteiger partial charge in [0.25, 0.3) is 0 Å². The lowest BCUT2D eigenvalue weighted by atomic mass is 9.91. The number of amides is 1. The summed E-state index contributed by atoms with van der Waals surface area (Å²) in [5.41, 5.74) is 5.52. The standard InChI is InChI=1S/C13H18ClN3O2/c1-13(2,11(15)17-19)12(18)16-8-7-9-3-5-10(14)6-4-9/h3-6,19H,7-8H2,1-2H3,(H2,15,17)(H,16,18). The van der Waals surface area contributed by atoms with E-state index in [4.69, 9.17) is 22.5 Å². The molecule has 0 unspecified atom stereocenters. The van der Waals surface area contributed by atoms with Crippen molar-refractivity contribution in [2.45, 2.75) is 20.3 Å². The number of hydrogen-bond donors (Lipinski definition) is 3. The predicted molar refractivity (Wildman–Crippen MR) is 75.4 cm³/mol. The number of nitrogens with one attached hydrogen (secondary N) is 1. The fourth-order valence-corrected chi connectivity index (χ4v) is 1.56. The SMILES string of the molecule is CC(C)(C(=O)NCCc1ccc(Cl)cc1)C(N)=NO. The lowest BCUT2D eigenvalue weighted by Crippen LogP contribution is -2.46. The highest BCUT2D eigenvalue weighted by Gasteiger charge is 2.32. The van der Waals surface area contributed by atoms with Gasteiger partial charge in [-0.15, -0.1) is 0 Å². The Balaban J connectivity index is 2.49. The van der Waals surface area contributed by atoms with Gasteiger partial charge in [-0.05, 0) is 38.0 Å². The summed E-state index contributed by atoms with van der Waals surface area (Å²) >= 11 is 5.79. The summed E-state index contributed by atoms with van der Waals surface area (Å²) in [5.74, 6) is -0.395. The topological polar surface area (TPSA) is 87.7 Å². The predicted octanol–water partition coefficient (Wildman–Crippen LogP) is 1.77. The Kier molecular flexibility index (Phi) is 5.18. The van der Waals surface area contributed by atoms with Crippen LogP contribution in [0.15, 0.2) is 29.4 Å². The Bertz CT molecular complexity index is 469. The van der Waals surface area contributed by atoms with E-state index in [1.807, 2.05) is 12.1 Å². The second-order valence-corrected chi connectivity index (χ2v) is 5.18. The number of rotatable bonds is 5. The number of nitrogens with zero attached hydrogens (tertiary/aromatic N) is 1. The minimum Gasteiger partial charge on any atom is -0.409 e. The van der Waals surface area contributed by atoms with Crippen molar-refractivity contribution in [1.29, 1.82) is 0 Å². The molecule has 1 rings (SSSR count). The number of oxime groups is 1. The van der Waals surface area contributed by atoms with Gasteiger partial charge in [0.05, 0.1) is 0 Å². The third kappa shape index (κ3) is 4.13. The minimum atomic E-state index is -1.03. The smallest absolute Gasteiger partial charge is 0.233 e. The van der Waals surface area contributed by atoms with Crippen LogP contribution < -0.4 is 11.1 Å². The maximum atomic E-state index is 11.9. The molecule has 1 aromatic carbocycles. The largest absolute Gasteiger partial charge is 0.409 e. The molecule has 0 aliphatic carbocycles. The molecule has 104 valence electrons. The number of halogens is 1. The zero-order valence-electron chi connectivity index (χ0n) is 11.0. The minimum absolute atomic E-state index is 0.114. The molecule has 0 saturated heterocycles. The summed E-state index contributed by atoms with van der Waals surface area (Å²) in [7, 11) is 0. The molecule has 0 radical (unpaired) electrons. The fraction of sp³-hybridized carbons (Fsp3) is 0.385. The lowest BCUT2D eigenvalue weighted by Gasteiger charge is -2.21. The summed E-state index contributed by atoms with van der Waals surface area (Å²) in [6.07, 6.45) is 0.690. The molecule has 4 N–H and O–H groups in total. The molecule has 1 aromatic rings. The Morgan fingerprint density at radius 3 is 2.53 bits per heavy atom. The first-order valence-electron chi connectivity index (χ1n) is 5.88. The molecule has 5 nitrogen and oxygen atoms in total. The van der Waals surface area contributed by atoms with Gasteiger partial charge in [0.2, 0.25) is 5.91 Å². The van der Waals surface area contributed by atoms with Gasteiger partial charge in [0, 0.05) is 11.6 Å². The average molecular weight is 284 g/mol. The van der Waals surface area contributed by atoms with Gasteiger partial charge >= 0.3 is 0 Å². The summed E-state index contributed by atoms with van der Waals surface area (Å²) in [4.78, 5) is 11.9. The number of hydrogen-bond acceptors (Lipinski definition) is 3. The number of amidine groups is 1. The average Bonchev–Trinajstić information content (AvgIpc) is 2.39. The molecule has 0 heterocycles. The van der Waals surface area contributed by atoms with Crippen LogP contribution in [-0.2, 0) is 11.2 Å². The van der Waals surface area contributed by atoms with Crippen molar-refractivity contribution in [2.75, 3.05) is 6.54 Å². The van der Waals surface area contributed by atoms with E-state index in [0.717, 1.165) is 5.56 Å². The van der Waals surface area contributed by atoms with Gasteiger partial charge in [0.15, 0.2) is 5.84 Å². The van der Waals surface area contributed by atoms with Gasteiger partial charge in [-0.3, -0.25) is 4.79 Å². The molecule has 0 saturated carbocycles. The molecule has 6 heteroatoms. The third-order valence-electron chi connectivity index (χ3n) is 2.93. The Hall–Kier alpha value is -1.75. The highest BCUT2D eigenvalue weighted by atomic mass is 35.5. The van der Waals surface area contributed by atoms with Gasteiger partial charge in [-0.1, -0.05) is 28.9 Å². The van der Waals surface area contributed by atoms with Crippen LogP contribution in [0.25, 0.3) is 0 Å². The molecular formula is C13H18ClN3O2. The molecule has 0 spiro atoms. The van der Waals surface area contributed by atoms with E-state index >= 15 is 0 Å². The number of nitrogens with two attached hydrogens (primary N) is 1. The fourth-order valence-electron chi connectivity index (χ4n) is 1.43. The molecule has 0 aliphatic rings. The molecular weight excluding hydrogens is 266 g/mol. The van der Waals surface area contributed by atoms with Crippen LogP contribution in [0, 0.1) is 5.41 Å². The maximum Gasteiger partial charge on any atom is 0.233 e. The van der Waals surface area contributed by atoms with Crippen molar-refractivity contribution in [3.8, 4) is 0 Å². The van der Waals surface area contributed by atoms with Crippen molar-refractivity contribution in [2.24, 2.45) is 16.3 Å². The van der Waals surface area contributed by atoms with E-state index in [0.29, 0.717) is 18.0 Å². The summed E-state index contributed by atoms with van der Waals surface area (Å²) in [6, 6.07) is 7.42. The van der Waals surface area contributed by atoms with Gasteiger partial charge < -0.3 is 16.3 Å². The van der Waals surface area contributed by atoms with Crippen LogP contribution >= 0.6 is 11.6 Å². The van der Waals surface area contributed by atoms with E-state index in [9.17, 15) is 4.79 Å². The van der Waals surface area contributed by atoms with E-state index in [1.54, 1.807) is 26.0 Å². The van der Waals surface area contributed by atoms with E-state index in [2.05, 4.69) is 10.5 Å². The molecule has 0 bridgehead atoms. The Morgan fingerprint density at radius 2 is 2.00 bits per heavy atom. The van der Waals surface area contributed by atoms with Crippen molar-refractivity contribution in [1.82, 2.24) is 5.32 Å².